The van der Waals surface area contributed by atoms with Crippen LogP contribution in [0.15, 0.2) is 40.5 Å². The highest BCUT2D eigenvalue weighted by Crippen LogP contribution is 2.36. The lowest BCUT2D eigenvalue weighted by molar-refractivity contribution is -0.118. The molecule has 1 aliphatic carbocycles. The summed E-state index contributed by atoms with van der Waals surface area (Å²) in [6.07, 6.45) is 7.95. The maximum atomic E-state index is 13.1. The number of carbonyl (C=O) groups is 1. The minimum Gasteiger partial charge on any atom is -0.309 e. The molecule has 1 fully saturated rings. The molecule has 31 heavy (non-hydrogen) atoms. The molecule has 1 amide bonds. The van der Waals surface area contributed by atoms with Crippen molar-refractivity contribution in [1.82, 2.24) is 9.97 Å². The van der Waals surface area contributed by atoms with Gasteiger partial charge in [0.2, 0.25) is 5.91 Å². The Morgan fingerprint density at radius 2 is 1.84 bits per heavy atom. The summed E-state index contributed by atoms with van der Waals surface area (Å²) in [6, 6.07) is 4.50. The van der Waals surface area contributed by atoms with Gasteiger partial charge in [0.25, 0.3) is 9.05 Å². The van der Waals surface area contributed by atoms with Gasteiger partial charge >= 0.3 is 0 Å². The predicted molar refractivity (Wildman–Crippen MR) is 118 cm³/mol. The van der Waals surface area contributed by atoms with E-state index in [-0.39, 0.29) is 21.6 Å². The number of nitrogens with one attached hydrogen (secondary N) is 1. The molecule has 0 bridgehead atoms. The summed E-state index contributed by atoms with van der Waals surface area (Å²) in [7, 11) is -2.29. The van der Waals surface area contributed by atoms with Crippen molar-refractivity contribution in [3.05, 3.63) is 41.2 Å². The molecule has 12 heteroatoms. The lowest BCUT2D eigenvalue weighted by Crippen LogP contribution is -2.24. The number of halogens is 2. The third-order valence-electron chi connectivity index (χ3n) is 5.25. The number of anilines is 1. The molecule has 0 spiro atoms. The van der Waals surface area contributed by atoms with Crippen LogP contribution >= 0.6 is 22.3 Å². The molecule has 0 aliphatic heterocycles. The topological polar surface area (TPSA) is 123 Å². The van der Waals surface area contributed by atoms with Crippen molar-refractivity contribution < 1.29 is 21.6 Å². The second kappa shape index (κ2) is 9.40. The van der Waals surface area contributed by atoms with Crippen molar-refractivity contribution in [3.8, 4) is 0 Å². The van der Waals surface area contributed by atoms with E-state index in [1.165, 1.54) is 12.1 Å². The van der Waals surface area contributed by atoms with E-state index < -0.39 is 29.8 Å². The van der Waals surface area contributed by atoms with E-state index in [4.69, 9.17) is 22.3 Å². The number of hydrogen-bond acceptors (Lipinski definition) is 7. The number of aromatic nitrogens is 2. The van der Waals surface area contributed by atoms with Gasteiger partial charge in [-0.3, -0.25) is 4.79 Å². The highest BCUT2D eigenvalue weighted by Gasteiger charge is 2.28. The zero-order valence-electron chi connectivity index (χ0n) is 16.6. The van der Waals surface area contributed by atoms with Gasteiger partial charge in [0, 0.05) is 16.9 Å². The Hall–Kier alpha value is -1.75. The molecule has 1 aromatic carbocycles. The number of amides is 1. The highest BCUT2D eigenvalue weighted by molar-refractivity contribution is 8.13. The molecule has 1 N–H and O–H groups in total. The molecule has 1 unspecified atom stereocenters. The van der Waals surface area contributed by atoms with Crippen LogP contribution in [0, 0.1) is 5.92 Å². The monoisotopic (exact) mass is 505 g/mol. The van der Waals surface area contributed by atoms with E-state index in [1.54, 1.807) is 6.07 Å². The average molecular weight is 506 g/mol. The molecule has 2 aromatic rings. The third-order valence-corrected chi connectivity index (χ3v) is 8.01. The first-order valence-corrected chi connectivity index (χ1v) is 14.1. The van der Waals surface area contributed by atoms with Crippen LogP contribution in [0.3, 0.4) is 0 Å². The highest BCUT2D eigenvalue weighted by atomic mass is 35.7. The molecule has 168 valence electrons. The number of hydrogen-bond donors (Lipinski definition) is 1. The fourth-order valence-electron chi connectivity index (χ4n) is 3.73. The van der Waals surface area contributed by atoms with Gasteiger partial charge in [-0.05, 0) is 30.0 Å². The largest absolute Gasteiger partial charge is 0.309 e. The Balaban J connectivity index is 1.88. The van der Waals surface area contributed by atoms with E-state index in [0.717, 1.165) is 44.3 Å². The van der Waals surface area contributed by atoms with Gasteiger partial charge in [-0.25, -0.2) is 26.8 Å². The van der Waals surface area contributed by atoms with Crippen LogP contribution < -0.4 is 5.32 Å². The summed E-state index contributed by atoms with van der Waals surface area (Å²) in [5.74, 6) is -0.526. The molecule has 8 nitrogen and oxygen atoms in total. The minimum atomic E-state index is -4.02. The Morgan fingerprint density at radius 3 is 2.35 bits per heavy atom. The Morgan fingerprint density at radius 1 is 1.16 bits per heavy atom. The van der Waals surface area contributed by atoms with Gasteiger partial charge in [-0.15, -0.1) is 0 Å². The number of sulfone groups is 1. The van der Waals surface area contributed by atoms with Crippen molar-refractivity contribution >= 4 is 52.9 Å². The minimum absolute atomic E-state index is 0.00156. The third kappa shape index (κ3) is 6.15. The summed E-state index contributed by atoms with van der Waals surface area (Å²) in [4.78, 5) is 20.7. The SMILES string of the molecule is CS(=O)(=O)c1ccc(C(CC2CCCC2)C(=O)Nc2cnc(S(=O)(=O)Cl)cn2)cc1Cl. The van der Waals surface area contributed by atoms with Crippen molar-refractivity contribution in [3.63, 3.8) is 0 Å². The Bertz CT molecular complexity index is 1180. The summed E-state index contributed by atoms with van der Waals surface area (Å²) >= 11 is 6.20. The van der Waals surface area contributed by atoms with Gasteiger partial charge in [0.05, 0.1) is 28.2 Å². The molecule has 0 radical (unpaired) electrons. The molecule has 1 aliphatic rings. The lowest BCUT2D eigenvalue weighted by Gasteiger charge is -2.21. The molecule has 1 aromatic heterocycles. The van der Waals surface area contributed by atoms with E-state index in [1.807, 2.05) is 0 Å². The Labute approximate surface area is 190 Å². The summed E-state index contributed by atoms with van der Waals surface area (Å²) in [5, 5.41) is 2.28. The van der Waals surface area contributed by atoms with Gasteiger partial charge in [0.1, 0.15) is 0 Å². The fourth-order valence-corrected chi connectivity index (χ4v) is 5.66. The standard InChI is InChI=1S/C19H21Cl2N3O5S2/c1-30(26,27)16-7-6-13(9-15(16)20)14(8-12-4-2-3-5-12)19(25)24-17-10-23-18(11-22-17)31(21,28)29/h6-7,9-12,14H,2-5,8H2,1H3,(H,22,24,25). The average Bonchev–Trinajstić information content (AvgIpc) is 3.18. The van der Waals surface area contributed by atoms with Crippen LogP contribution in [0.4, 0.5) is 5.82 Å². The number of benzene rings is 1. The predicted octanol–water partition coefficient (Wildman–Crippen LogP) is 3.76. The van der Waals surface area contributed by atoms with Crippen LogP contribution in [-0.2, 0) is 23.7 Å². The van der Waals surface area contributed by atoms with Crippen molar-refractivity contribution in [2.45, 2.75) is 47.9 Å². The summed E-state index contributed by atoms with van der Waals surface area (Å²) < 4.78 is 46.3. The Kier molecular flexibility index (Phi) is 7.25. The van der Waals surface area contributed by atoms with E-state index >= 15 is 0 Å². The van der Waals surface area contributed by atoms with Gasteiger partial charge in [0.15, 0.2) is 20.7 Å². The number of nitrogens with zero attached hydrogens (tertiary/aromatic N) is 2. The lowest BCUT2D eigenvalue weighted by atomic mass is 9.87. The number of rotatable bonds is 7. The molecule has 1 heterocycles. The molecule has 1 atom stereocenters. The van der Waals surface area contributed by atoms with E-state index in [9.17, 15) is 21.6 Å². The van der Waals surface area contributed by atoms with Crippen molar-refractivity contribution in [2.75, 3.05) is 11.6 Å². The molecule has 3 rings (SSSR count). The van der Waals surface area contributed by atoms with E-state index in [2.05, 4.69) is 15.3 Å². The zero-order chi connectivity index (χ0) is 22.8. The number of carbonyl (C=O) groups excluding carboxylic acids is 1. The van der Waals surface area contributed by atoms with Crippen LogP contribution in [0.25, 0.3) is 0 Å². The van der Waals surface area contributed by atoms with Crippen molar-refractivity contribution in [1.29, 1.82) is 0 Å². The van der Waals surface area contributed by atoms with Crippen molar-refractivity contribution in [2.24, 2.45) is 5.92 Å². The van der Waals surface area contributed by atoms with Gasteiger partial charge in [-0.2, -0.15) is 0 Å². The summed E-state index contributed by atoms with van der Waals surface area (Å²) in [6.45, 7) is 0. The maximum absolute atomic E-state index is 13.1. The van der Waals surface area contributed by atoms with Crippen LogP contribution in [0.2, 0.25) is 5.02 Å². The van der Waals surface area contributed by atoms with Gasteiger partial charge in [-0.1, -0.05) is 43.4 Å². The molecular weight excluding hydrogens is 485 g/mol. The first kappa shape index (κ1) is 23.9. The van der Waals surface area contributed by atoms with Crippen LogP contribution in [-0.4, -0.2) is 39.0 Å². The first-order chi connectivity index (χ1) is 14.4. The van der Waals surface area contributed by atoms with Crippen LogP contribution in [0.1, 0.15) is 43.6 Å². The summed E-state index contributed by atoms with van der Waals surface area (Å²) in [5.41, 5.74) is 0.592. The normalized spacial score (nSPS) is 16.2. The second-order valence-electron chi connectivity index (χ2n) is 7.57. The molecule has 1 saturated carbocycles. The van der Waals surface area contributed by atoms with E-state index in [0.29, 0.717) is 17.9 Å². The van der Waals surface area contributed by atoms with Crippen LogP contribution in [0.5, 0.6) is 0 Å². The molecular formula is C19H21Cl2N3O5S2. The smallest absolute Gasteiger partial charge is 0.280 e. The quantitative estimate of drug-likeness (QED) is 0.567. The maximum Gasteiger partial charge on any atom is 0.280 e. The molecule has 0 saturated heterocycles. The van der Waals surface area contributed by atoms with Gasteiger partial charge < -0.3 is 5.32 Å². The first-order valence-electron chi connectivity index (χ1n) is 9.52. The zero-order valence-corrected chi connectivity index (χ0v) is 19.7. The fraction of sp³-hybridized carbons (Fsp3) is 0.421. The second-order valence-corrected chi connectivity index (χ2v) is 12.5.